The lowest BCUT2D eigenvalue weighted by atomic mass is 9.85. The van der Waals surface area contributed by atoms with Gasteiger partial charge in [-0.2, -0.15) is 0 Å². The Hall–Kier alpha value is -4.03. The largest absolute Gasteiger partial charge is 0.349 e. The van der Waals surface area contributed by atoms with Crippen LogP contribution in [0.5, 0.6) is 0 Å². The normalized spacial score (nSPS) is 23.1. The second kappa shape index (κ2) is 12.5. The molecule has 47 heavy (non-hydrogen) atoms. The lowest BCUT2D eigenvalue weighted by molar-refractivity contribution is -0.141. The van der Waals surface area contributed by atoms with Gasteiger partial charge in [0.25, 0.3) is 5.91 Å². The molecule has 0 spiro atoms. The first kappa shape index (κ1) is 32.9. The fourth-order valence-corrected chi connectivity index (χ4v) is 8.60. The Balaban J connectivity index is 1.23. The van der Waals surface area contributed by atoms with Gasteiger partial charge in [-0.05, 0) is 43.1 Å². The van der Waals surface area contributed by atoms with E-state index >= 15 is 0 Å². The highest BCUT2D eigenvalue weighted by atomic mass is 32.2. The van der Waals surface area contributed by atoms with Crippen molar-refractivity contribution in [2.75, 3.05) is 11.9 Å². The summed E-state index contributed by atoms with van der Waals surface area (Å²) in [7, 11) is -3.80. The van der Waals surface area contributed by atoms with Gasteiger partial charge in [0.2, 0.25) is 21.8 Å². The van der Waals surface area contributed by atoms with Gasteiger partial charge in [-0.3, -0.25) is 19.1 Å². The van der Waals surface area contributed by atoms with Crippen molar-refractivity contribution in [2.24, 2.45) is 11.3 Å². The number of anilines is 1. The summed E-state index contributed by atoms with van der Waals surface area (Å²) in [6, 6.07) is 18.4. The van der Waals surface area contributed by atoms with Gasteiger partial charge in [0.1, 0.15) is 17.6 Å². The Kier molecular flexibility index (Phi) is 8.77. The van der Waals surface area contributed by atoms with Gasteiger partial charge in [-0.1, -0.05) is 98.8 Å². The van der Waals surface area contributed by atoms with Crippen LogP contribution in [0.15, 0.2) is 73.3 Å². The maximum Gasteiger partial charge on any atom is 0.259 e. The predicted molar refractivity (Wildman–Crippen MR) is 184 cm³/mol. The number of hydrogen-bond acceptors (Lipinski definition) is 8. The number of amides is 3. The molecule has 3 amide bonds. The van der Waals surface area contributed by atoms with Gasteiger partial charge in [0.05, 0.1) is 15.8 Å². The number of aromatic nitrogens is 1. The van der Waals surface area contributed by atoms with Crippen molar-refractivity contribution < 1.29 is 22.8 Å². The van der Waals surface area contributed by atoms with Crippen LogP contribution >= 0.6 is 11.3 Å². The first-order chi connectivity index (χ1) is 22.3. The lowest BCUT2D eigenvalue weighted by Gasteiger charge is -2.35. The van der Waals surface area contributed by atoms with Crippen LogP contribution in [0.3, 0.4) is 0 Å². The minimum absolute atomic E-state index is 0.237. The molecule has 1 aliphatic heterocycles. The summed E-state index contributed by atoms with van der Waals surface area (Å²) in [6.07, 6.45) is 3.88. The molecule has 2 saturated carbocycles. The summed E-state index contributed by atoms with van der Waals surface area (Å²) in [5.74, 6) is -1.87. The fourth-order valence-electron chi connectivity index (χ4n) is 6.22. The van der Waals surface area contributed by atoms with E-state index in [1.807, 2.05) is 81.4 Å². The molecule has 6 rings (SSSR count). The van der Waals surface area contributed by atoms with Crippen LogP contribution in [0.25, 0.3) is 21.7 Å². The molecule has 248 valence electrons. The van der Waals surface area contributed by atoms with E-state index in [1.54, 1.807) is 11.0 Å². The SMILES string of the molecule is C=C[C@@H]1C[C@]1(NC(=O)[C@@H]1CCCN1C(=O)[C@@H](Nc1nc(-c2ccccc2)c(-c2ccccc2)s1)C(C)(C)C)C(=O)NS(=O)(=O)C1CC1. The van der Waals surface area contributed by atoms with Gasteiger partial charge in [0.15, 0.2) is 5.13 Å². The van der Waals surface area contributed by atoms with Crippen LogP contribution in [-0.2, 0) is 24.4 Å². The molecule has 2 heterocycles. The molecule has 3 aliphatic rings. The topological polar surface area (TPSA) is 138 Å². The number of nitrogens with zero attached hydrogens (tertiary/aromatic N) is 2. The average molecular weight is 676 g/mol. The van der Waals surface area contributed by atoms with Crippen LogP contribution in [0.4, 0.5) is 5.13 Å². The van der Waals surface area contributed by atoms with Crippen molar-refractivity contribution in [2.45, 2.75) is 75.7 Å². The number of benzene rings is 2. The van der Waals surface area contributed by atoms with Crippen molar-refractivity contribution >= 4 is 44.2 Å². The van der Waals surface area contributed by atoms with E-state index in [4.69, 9.17) is 4.98 Å². The minimum Gasteiger partial charge on any atom is -0.349 e. The third-order valence-electron chi connectivity index (χ3n) is 9.18. The Morgan fingerprint density at radius 3 is 2.23 bits per heavy atom. The first-order valence-electron chi connectivity index (χ1n) is 16.0. The molecule has 1 saturated heterocycles. The summed E-state index contributed by atoms with van der Waals surface area (Å²) < 4.78 is 27.2. The third kappa shape index (κ3) is 6.71. The van der Waals surface area contributed by atoms with Crippen molar-refractivity contribution in [3.63, 3.8) is 0 Å². The maximum atomic E-state index is 14.3. The van der Waals surface area contributed by atoms with Crippen molar-refractivity contribution in [3.8, 4) is 21.7 Å². The number of likely N-dealkylation sites (tertiary alicyclic amines) is 1. The Labute approximate surface area is 280 Å². The molecular formula is C35H41N5O5S2. The van der Waals surface area contributed by atoms with E-state index in [2.05, 4.69) is 21.9 Å². The number of carbonyl (C=O) groups excluding carboxylic acids is 3. The van der Waals surface area contributed by atoms with E-state index < -0.39 is 56.0 Å². The number of nitrogens with one attached hydrogen (secondary N) is 3. The van der Waals surface area contributed by atoms with Crippen molar-refractivity contribution in [1.82, 2.24) is 19.9 Å². The predicted octanol–water partition coefficient (Wildman–Crippen LogP) is 4.96. The van der Waals surface area contributed by atoms with Crippen LogP contribution in [-0.4, -0.2) is 65.4 Å². The molecule has 10 nitrogen and oxygen atoms in total. The number of rotatable bonds is 11. The number of sulfonamides is 1. The minimum atomic E-state index is -3.80. The van der Waals surface area contributed by atoms with Crippen LogP contribution in [0.1, 0.15) is 52.9 Å². The molecule has 2 aromatic carbocycles. The molecule has 3 N–H and O–H groups in total. The Morgan fingerprint density at radius 1 is 1.02 bits per heavy atom. The van der Waals surface area contributed by atoms with Crippen molar-refractivity contribution in [3.05, 3.63) is 73.3 Å². The second-order valence-corrected chi connectivity index (χ2v) is 16.7. The molecule has 1 aromatic heterocycles. The van der Waals surface area contributed by atoms with Gasteiger partial charge >= 0.3 is 0 Å². The monoisotopic (exact) mass is 675 g/mol. The first-order valence-corrected chi connectivity index (χ1v) is 18.4. The number of carbonyl (C=O) groups is 3. The summed E-state index contributed by atoms with van der Waals surface area (Å²) in [6.45, 7) is 10.1. The highest BCUT2D eigenvalue weighted by molar-refractivity contribution is 7.91. The summed E-state index contributed by atoms with van der Waals surface area (Å²) in [4.78, 5) is 48.9. The summed E-state index contributed by atoms with van der Waals surface area (Å²) >= 11 is 1.48. The zero-order valence-electron chi connectivity index (χ0n) is 26.9. The van der Waals surface area contributed by atoms with Gasteiger partial charge in [-0.25, -0.2) is 13.4 Å². The van der Waals surface area contributed by atoms with E-state index in [9.17, 15) is 22.8 Å². The number of hydrogen-bond donors (Lipinski definition) is 3. The second-order valence-electron chi connectivity index (χ2n) is 13.7. The highest BCUT2D eigenvalue weighted by Gasteiger charge is 2.61. The molecule has 0 bridgehead atoms. The number of thiazole rings is 1. The maximum absolute atomic E-state index is 14.3. The Morgan fingerprint density at radius 2 is 1.66 bits per heavy atom. The van der Waals surface area contributed by atoms with E-state index in [0.29, 0.717) is 37.4 Å². The molecule has 0 unspecified atom stereocenters. The highest BCUT2D eigenvalue weighted by Crippen LogP contribution is 2.46. The zero-order valence-corrected chi connectivity index (χ0v) is 28.5. The molecule has 3 aromatic rings. The van der Waals surface area contributed by atoms with Crippen LogP contribution < -0.4 is 15.4 Å². The summed E-state index contributed by atoms with van der Waals surface area (Å²) in [5, 5.41) is 6.29. The average Bonchev–Trinajstić information content (AvgIpc) is 3.93. The standard InChI is InChI=1S/C35H41N5O5S2/c1-5-24-21-35(24,32(43)39-47(44,45)25-18-19-25)38-30(41)26-17-12-20-40(26)31(42)29(34(2,3)4)37-33-36-27(22-13-8-6-9-14-22)28(46-33)23-15-10-7-11-16-23/h5-11,13-16,24-26,29H,1,12,17-21H2,2-4H3,(H,36,37)(H,38,41)(H,39,43)/t24-,26+,29-,35-/m1/s1. The molecule has 4 atom stereocenters. The van der Waals surface area contributed by atoms with Crippen LogP contribution in [0.2, 0.25) is 0 Å². The molecule has 12 heteroatoms. The quantitative estimate of drug-likeness (QED) is 0.244. The van der Waals surface area contributed by atoms with E-state index in [1.165, 1.54) is 11.3 Å². The van der Waals surface area contributed by atoms with Crippen LogP contribution in [0, 0.1) is 11.3 Å². The third-order valence-corrected chi connectivity index (χ3v) is 12.0. The van der Waals surface area contributed by atoms with Crippen molar-refractivity contribution in [1.29, 1.82) is 0 Å². The summed E-state index contributed by atoms with van der Waals surface area (Å²) in [5.41, 5.74) is 0.854. The lowest BCUT2D eigenvalue weighted by Crippen LogP contribution is -2.58. The van der Waals surface area contributed by atoms with Gasteiger partial charge in [0, 0.05) is 18.0 Å². The van der Waals surface area contributed by atoms with Gasteiger partial charge < -0.3 is 15.5 Å². The fraction of sp³-hybridized carbons (Fsp3) is 0.429. The van der Waals surface area contributed by atoms with E-state index in [0.717, 1.165) is 21.7 Å². The van der Waals surface area contributed by atoms with E-state index in [-0.39, 0.29) is 12.3 Å². The molecule has 2 aliphatic carbocycles. The molecule has 0 radical (unpaired) electrons. The Bertz CT molecular complexity index is 1730. The zero-order chi connectivity index (χ0) is 33.6. The molecule has 3 fully saturated rings. The molecular weight excluding hydrogens is 635 g/mol. The van der Waals surface area contributed by atoms with Gasteiger partial charge in [-0.15, -0.1) is 6.58 Å². The smallest absolute Gasteiger partial charge is 0.259 e.